The number of rotatable bonds is 11. The van der Waals surface area contributed by atoms with Crippen LogP contribution in [0.4, 0.5) is 34.5 Å². The topological polar surface area (TPSA) is 150 Å². The Morgan fingerprint density at radius 2 is 1.93 bits per heavy atom. The fourth-order valence-corrected chi connectivity index (χ4v) is 5.15. The molecule has 4 aromatic rings. The Balaban J connectivity index is 1.51. The zero-order chi connectivity index (χ0) is 31.4. The van der Waals surface area contributed by atoms with Gasteiger partial charge < -0.3 is 35.6 Å². The van der Waals surface area contributed by atoms with Crippen molar-refractivity contribution < 1.29 is 19.4 Å². The second-order valence-electron chi connectivity index (χ2n) is 10.5. The number of carboxylic acids is 1. The fraction of sp³-hybridized carbons (Fsp3) is 0.258. The summed E-state index contributed by atoms with van der Waals surface area (Å²) < 4.78 is 7.42. The van der Waals surface area contributed by atoms with Gasteiger partial charge in [-0.05, 0) is 44.3 Å². The van der Waals surface area contributed by atoms with Crippen LogP contribution in [0.5, 0.6) is 5.75 Å². The first-order valence-electron chi connectivity index (χ1n) is 14.0. The molecule has 228 valence electrons. The lowest BCUT2D eigenvalue weighted by atomic mass is 10.1. The Morgan fingerprint density at radius 3 is 2.59 bits per heavy atom. The normalized spacial score (nSPS) is 14.6. The molecule has 13 nitrogen and oxygen atoms in total. The zero-order valence-corrected chi connectivity index (χ0v) is 25.0. The van der Waals surface area contributed by atoms with Gasteiger partial charge in [-0.25, -0.2) is 9.78 Å². The van der Waals surface area contributed by atoms with Gasteiger partial charge in [0.25, 0.3) is 0 Å². The third-order valence-corrected chi connectivity index (χ3v) is 7.49. The van der Waals surface area contributed by atoms with Gasteiger partial charge >= 0.3 is 5.97 Å². The second-order valence-corrected chi connectivity index (χ2v) is 10.5. The first-order chi connectivity index (χ1) is 21.2. The number of carboxylic acid groups (broad SMARTS) is 1. The van der Waals surface area contributed by atoms with Gasteiger partial charge in [-0.2, -0.15) is 10.1 Å². The molecule has 4 N–H and O–H groups in total. The molecular formula is C31H35N9O4. The van der Waals surface area contributed by atoms with Crippen molar-refractivity contribution in [3.8, 4) is 17.0 Å². The first kappa shape index (κ1) is 30.0. The number of nitrogens with zero attached hydrogens (tertiary/aromatic N) is 6. The molecule has 0 radical (unpaired) electrons. The third-order valence-electron chi connectivity index (χ3n) is 7.49. The molecule has 0 saturated carbocycles. The minimum Gasteiger partial charge on any atom is -0.494 e. The predicted molar refractivity (Wildman–Crippen MR) is 170 cm³/mol. The van der Waals surface area contributed by atoms with E-state index in [-0.39, 0.29) is 29.3 Å². The van der Waals surface area contributed by atoms with E-state index in [0.29, 0.717) is 28.5 Å². The highest BCUT2D eigenvalue weighted by molar-refractivity contribution is 6.02. The van der Waals surface area contributed by atoms with Gasteiger partial charge in [0.05, 0.1) is 29.9 Å². The van der Waals surface area contributed by atoms with E-state index in [1.165, 1.54) is 12.3 Å². The molecule has 1 atom stereocenters. The zero-order valence-electron chi connectivity index (χ0n) is 25.0. The minimum absolute atomic E-state index is 0.0826. The van der Waals surface area contributed by atoms with Crippen molar-refractivity contribution in [3.63, 3.8) is 0 Å². The number of aromatic nitrogens is 4. The lowest BCUT2D eigenvalue weighted by Gasteiger charge is -2.29. The summed E-state index contributed by atoms with van der Waals surface area (Å²) in [5.74, 6) is -0.869. The number of methoxy groups -OCH3 is 1. The number of carbonyl (C=O) groups excluding carboxylic acids is 1. The number of carbonyl (C=O) groups is 2. The first-order valence-corrected chi connectivity index (χ1v) is 14.0. The summed E-state index contributed by atoms with van der Waals surface area (Å²) >= 11 is 0. The molecule has 0 spiro atoms. The van der Waals surface area contributed by atoms with E-state index in [1.807, 2.05) is 56.7 Å². The molecule has 1 aliphatic heterocycles. The summed E-state index contributed by atoms with van der Waals surface area (Å²) in [6.07, 6.45) is 5.25. The Bertz CT molecular complexity index is 1700. The Labute approximate surface area is 255 Å². The number of para-hydroxylation sites is 1. The smallest absolute Gasteiger partial charge is 0.341 e. The number of aromatic carboxylic acids is 1. The number of likely N-dealkylation sites (N-methyl/N-ethyl adjacent to an activating group) is 2. The highest BCUT2D eigenvalue weighted by Crippen LogP contribution is 2.39. The van der Waals surface area contributed by atoms with Crippen molar-refractivity contribution in [2.24, 2.45) is 7.05 Å². The van der Waals surface area contributed by atoms with E-state index >= 15 is 0 Å². The largest absolute Gasteiger partial charge is 0.494 e. The highest BCUT2D eigenvalue weighted by Gasteiger charge is 2.26. The maximum Gasteiger partial charge on any atom is 0.341 e. The Kier molecular flexibility index (Phi) is 8.76. The van der Waals surface area contributed by atoms with Crippen LogP contribution in [0.1, 0.15) is 16.8 Å². The molecule has 3 heterocycles. The van der Waals surface area contributed by atoms with Crippen LogP contribution < -0.4 is 25.6 Å². The number of nitrogens with one attached hydrogen (secondary N) is 3. The van der Waals surface area contributed by atoms with Gasteiger partial charge in [-0.1, -0.05) is 24.8 Å². The quantitative estimate of drug-likeness (QED) is 0.183. The molecule has 5 rings (SSSR count). The fourth-order valence-electron chi connectivity index (χ4n) is 5.15. The van der Waals surface area contributed by atoms with Crippen LogP contribution in [0, 0.1) is 0 Å². The van der Waals surface area contributed by atoms with E-state index in [9.17, 15) is 14.7 Å². The number of ether oxygens (including phenoxy) is 1. The standard InChI is InChI=1S/C31H35N9O4/c1-6-28(41)33-24-15-25(27(44-5)16-26(24)40(4)19-11-13-38(2)18-19)35-31-32-17-21(30(42)43)29(36-31)34-22-10-8-7-9-20(22)23-12-14-39(3)37-23/h6-10,12,14-17,19H,1,11,13,18H2,2-5H3,(H,33,41)(H,42,43)(H2,32,34,35,36)/t19-/m0/s1. The van der Waals surface area contributed by atoms with Crippen molar-refractivity contribution in [1.29, 1.82) is 0 Å². The van der Waals surface area contributed by atoms with Crippen LogP contribution in [-0.2, 0) is 11.8 Å². The maximum absolute atomic E-state index is 12.4. The monoisotopic (exact) mass is 597 g/mol. The Hall–Kier alpha value is -5.43. The number of aryl methyl sites for hydroxylation is 1. The van der Waals surface area contributed by atoms with E-state index in [4.69, 9.17) is 4.74 Å². The second kappa shape index (κ2) is 12.8. The van der Waals surface area contributed by atoms with E-state index in [1.54, 1.807) is 17.9 Å². The van der Waals surface area contributed by atoms with Gasteiger partial charge in [0.2, 0.25) is 11.9 Å². The molecule has 2 aromatic carbocycles. The summed E-state index contributed by atoms with van der Waals surface area (Å²) in [7, 11) is 7.44. The summed E-state index contributed by atoms with van der Waals surface area (Å²) in [5, 5.41) is 23.6. The van der Waals surface area contributed by atoms with Gasteiger partial charge in [0, 0.05) is 56.4 Å². The van der Waals surface area contributed by atoms with Crippen LogP contribution in [-0.4, -0.2) is 82.0 Å². The highest BCUT2D eigenvalue weighted by atomic mass is 16.5. The molecule has 1 fully saturated rings. The lowest BCUT2D eigenvalue weighted by Crippen LogP contribution is -2.34. The summed E-state index contributed by atoms with van der Waals surface area (Å²) in [5.41, 5.74) is 3.78. The summed E-state index contributed by atoms with van der Waals surface area (Å²) in [4.78, 5) is 37.7. The molecular weight excluding hydrogens is 562 g/mol. The molecule has 0 bridgehead atoms. The molecule has 44 heavy (non-hydrogen) atoms. The van der Waals surface area contributed by atoms with Crippen molar-refractivity contribution in [3.05, 3.63) is 73.1 Å². The van der Waals surface area contributed by atoms with Gasteiger partial charge in [0.1, 0.15) is 11.3 Å². The minimum atomic E-state index is -1.19. The molecule has 13 heteroatoms. The number of likely N-dealkylation sites (tertiary alicyclic amines) is 1. The molecule has 1 amide bonds. The third kappa shape index (κ3) is 6.47. The van der Waals surface area contributed by atoms with Crippen molar-refractivity contribution in [2.45, 2.75) is 12.5 Å². The molecule has 0 aliphatic carbocycles. The lowest BCUT2D eigenvalue weighted by molar-refractivity contribution is -0.111. The van der Waals surface area contributed by atoms with E-state index < -0.39 is 5.97 Å². The van der Waals surface area contributed by atoms with Gasteiger partial charge in [0.15, 0.2) is 5.82 Å². The summed E-state index contributed by atoms with van der Waals surface area (Å²) in [6.45, 7) is 5.45. The SMILES string of the molecule is C=CC(=O)Nc1cc(Nc2ncc(C(=O)O)c(Nc3ccccc3-c3ccn(C)n3)n2)c(OC)cc1N(C)[C@H]1CCN(C)C1. The van der Waals surface area contributed by atoms with E-state index in [0.717, 1.165) is 30.8 Å². The van der Waals surface area contributed by atoms with Crippen molar-refractivity contribution in [2.75, 3.05) is 55.1 Å². The number of anilines is 6. The molecule has 2 aromatic heterocycles. The molecule has 1 saturated heterocycles. The van der Waals surface area contributed by atoms with Crippen LogP contribution in [0.25, 0.3) is 11.3 Å². The predicted octanol–water partition coefficient (Wildman–Crippen LogP) is 4.34. The van der Waals surface area contributed by atoms with Crippen LogP contribution in [0.15, 0.2) is 67.5 Å². The Morgan fingerprint density at radius 1 is 1.14 bits per heavy atom. The van der Waals surface area contributed by atoms with Crippen LogP contribution in [0.2, 0.25) is 0 Å². The van der Waals surface area contributed by atoms with Crippen molar-refractivity contribution in [1.82, 2.24) is 24.6 Å². The maximum atomic E-state index is 12.4. The number of hydrogen-bond acceptors (Lipinski definition) is 10. The van der Waals surface area contributed by atoms with E-state index in [2.05, 4.69) is 54.4 Å². The van der Waals surface area contributed by atoms with Gasteiger partial charge in [-0.3, -0.25) is 9.48 Å². The molecule has 1 aliphatic rings. The average molecular weight is 598 g/mol. The van der Waals surface area contributed by atoms with Crippen molar-refractivity contribution >= 4 is 46.4 Å². The number of hydrogen-bond donors (Lipinski definition) is 4. The van der Waals surface area contributed by atoms with Gasteiger partial charge in [-0.15, -0.1) is 0 Å². The van der Waals surface area contributed by atoms with Crippen LogP contribution >= 0.6 is 0 Å². The average Bonchev–Trinajstić information content (AvgIpc) is 3.65. The summed E-state index contributed by atoms with van der Waals surface area (Å²) in [6, 6.07) is 13.1. The number of amides is 1. The van der Waals surface area contributed by atoms with Crippen LogP contribution in [0.3, 0.4) is 0 Å². The number of benzene rings is 2. The molecule has 0 unspecified atom stereocenters.